The molecule has 3 heteroatoms. The largest absolute Gasteiger partial charge is 0.341 e. The Hall–Kier alpha value is -2.34. The summed E-state index contributed by atoms with van der Waals surface area (Å²) < 4.78 is 13.3. The zero-order valence-corrected chi connectivity index (χ0v) is 11.0. The van der Waals surface area contributed by atoms with Crippen LogP contribution in [0.4, 0.5) is 15.8 Å². The Balaban J connectivity index is 2.54. The minimum absolute atomic E-state index is 0.276. The van der Waals surface area contributed by atoms with Crippen LogP contribution in [0.15, 0.2) is 42.5 Å². The van der Waals surface area contributed by atoms with Gasteiger partial charge in [-0.2, -0.15) is 5.26 Å². The van der Waals surface area contributed by atoms with Gasteiger partial charge in [0.1, 0.15) is 11.9 Å². The van der Waals surface area contributed by atoms with E-state index in [4.69, 9.17) is 0 Å². The maximum atomic E-state index is 13.3. The second-order valence-corrected chi connectivity index (χ2v) is 4.36. The van der Waals surface area contributed by atoms with Crippen molar-refractivity contribution in [1.82, 2.24) is 0 Å². The van der Waals surface area contributed by atoms with Crippen molar-refractivity contribution in [3.8, 4) is 6.07 Å². The fourth-order valence-electron chi connectivity index (χ4n) is 2.10. The lowest BCUT2D eigenvalue weighted by Gasteiger charge is -2.24. The third kappa shape index (κ3) is 2.74. The molecule has 0 aliphatic rings. The van der Waals surface area contributed by atoms with Gasteiger partial charge >= 0.3 is 0 Å². The number of hydrogen-bond acceptors (Lipinski definition) is 2. The van der Waals surface area contributed by atoms with Crippen LogP contribution in [0, 0.1) is 24.1 Å². The highest BCUT2D eigenvalue weighted by Crippen LogP contribution is 2.29. The van der Waals surface area contributed by atoms with E-state index in [0.29, 0.717) is 12.1 Å². The number of nitriles is 1. The third-order valence-electron chi connectivity index (χ3n) is 3.00. The van der Waals surface area contributed by atoms with Crippen molar-refractivity contribution in [1.29, 1.82) is 5.26 Å². The second-order valence-electron chi connectivity index (χ2n) is 4.36. The van der Waals surface area contributed by atoms with E-state index in [0.717, 1.165) is 16.9 Å². The maximum absolute atomic E-state index is 13.3. The number of anilines is 2. The van der Waals surface area contributed by atoms with Crippen LogP contribution in [0.25, 0.3) is 0 Å². The highest BCUT2D eigenvalue weighted by atomic mass is 19.1. The molecule has 0 N–H and O–H groups in total. The van der Waals surface area contributed by atoms with Crippen molar-refractivity contribution < 1.29 is 4.39 Å². The summed E-state index contributed by atoms with van der Waals surface area (Å²) in [4.78, 5) is 1.94. The normalized spacial score (nSPS) is 10.0. The summed E-state index contributed by atoms with van der Waals surface area (Å²) in [7, 11) is 0. The summed E-state index contributed by atoms with van der Waals surface area (Å²) in [5, 5.41) is 9.20. The van der Waals surface area contributed by atoms with Gasteiger partial charge in [0.2, 0.25) is 0 Å². The molecule has 0 heterocycles. The van der Waals surface area contributed by atoms with Gasteiger partial charge in [0.25, 0.3) is 0 Å². The SMILES string of the molecule is CCN(c1cccc(F)c1)c1cc(C)ccc1C#N. The van der Waals surface area contributed by atoms with Gasteiger partial charge in [-0.05, 0) is 49.7 Å². The summed E-state index contributed by atoms with van der Waals surface area (Å²) in [6, 6.07) is 14.3. The number of benzene rings is 2. The average molecular weight is 254 g/mol. The van der Waals surface area contributed by atoms with Crippen LogP contribution in [-0.4, -0.2) is 6.54 Å². The molecule has 0 amide bonds. The first kappa shape index (κ1) is 13.1. The van der Waals surface area contributed by atoms with E-state index in [9.17, 15) is 9.65 Å². The van der Waals surface area contributed by atoms with Crippen LogP contribution in [0.5, 0.6) is 0 Å². The Morgan fingerprint density at radius 1 is 1.21 bits per heavy atom. The molecule has 0 atom stereocenters. The van der Waals surface area contributed by atoms with Crippen molar-refractivity contribution in [3.05, 3.63) is 59.4 Å². The second kappa shape index (κ2) is 5.53. The molecule has 2 aromatic carbocycles. The first-order chi connectivity index (χ1) is 9.15. The van der Waals surface area contributed by atoms with Crippen molar-refractivity contribution in [2.75, 3.05) is 11.4 Å². The van der Waals surface area contributed by atoms with E-state index in [2.05, 4.69) is 6.07 Å². The Kier molecular flexibility index (Phi) is 3.82. The molecule has 0 unspecified atom stereocenters. The smallest absolute Gasteiger partial charge is 0.125 e. The van der Waals surface area contributed by atoms with Crippen LogP contribution in [0.1, 0.15) is 18.1 Å². The molecule has 19 heavy (non-hydrogen) atoms. The van der Waals surface area contributed by atoms with Gasteiger partial charge in [0.15, 0.2) is 0 Å². The first-order valence-corrected chi connectivity index (χ1v) is 6.19. The predicted octanol–water partition coefficient (Wildman–Crippen LogP) is 4.16. The summed E-state index contributed by atoms with van der Waals surface area (Å²) >= 11 is 0. The van der Waals surface area contributed by atoms with Crippen LogP contribution in [0.2, 0.25) is 0 Å². The molecule has 0 aromatic heterocycles. The maximum Gasteiger partial charge on any atom is 0.125 e. The third-order valence-corrected chi connectivity index (χ3v) is 3.00. The summed E-state index contributed by atoms with van der Waals surface area (Å²) in [5.41, 5.74) is 3.24. The van der Waals surface area contributed by atoms with E-state index in [-0.39, 0.29) is 5.82 Å². The molecule has 0 saturated heterocycles. The molecule has 0 spiro atoms. The van der Waals surface area contributed by atoms with Gasteiger partial charge < -0.3 is 4.90 Å². The molecule has 0 aliphatic carbocycles. The Bertz CT molecular complexity index is 629. The van der Waals surface area contributed by atoms with Gasteiger partial charge in [-0.15, -0.1) is 0 Å². The first-order valence-electron chi connectivity index (χ1n) is 6.19. The van der Waals surface area contributed by atoms with Crippen molar-refractivity contribution in [2.24, 2.45) is 0 Å². The molecular weight excluding hydrogens is 239 g/mol. The fourth-order valence-corrected chi connectivity index (χ4v) is 2.10. The van der Waals surface area contributed by atoms with E-state index < -0.39 is 0 Å². The Morgan fingerprint density at radius 3 is 2.63 bits per heavy atom. The lowest BCUT2D eigenvalue weighted by molar-refractivity contribution is 0.627. The molecule has 2 rings (SSSR count). The molecule has 0 fully saturated rings. The number of aryl methyl sites for hydroxylation is 1. The molecule has 96 valence electrons. The molecule has 0 aliphatic heterocycles. The summed E-state index contributed by atoms with van der Waals surface area (Å²) in [5.74, 6) is -0.276. The van der Waals surface area contributed by atoms with Crippen LogP contribution in [0.3, 0.4) is 0 Å². The van der Waals surface area contributed by atoms with Crippen LogP contribution >= 0.6 is 0 Å². The molecule has 2 aromatic rings. The van der Waals surface area contributed by atoms with Gasteiger partial charge in [0.05, 0.1) is 11.3 Å². The monoisotopic (exact) mass is 254 g/mol. The zero-order valence-electron chi connectivity index (χ0n) is 11.0. The van der Waals surface area contributed by atoms with Crippen molar-refractivity contribution in [3.63, 3.8) is 0 Å². The quantitative estimate of drug-likeness (QED) is 0.822. The van der Waals surface area contributed by atoms with Gasteiger partial charge in [-0.3, -0.25) is 0 Å². The standard InChI is InChI=1S/C16H15FN2/c1-3-19(15-6-4-5-14(17)10-15)16-9-12(2)7-8-13(16)11-18/h4-10H,3H2,1-2H3. The average Bonchev–Trinajstić information content (AvgIpc) is 2.40. The lowest BCUT2D eigenvalue weighted by Crippen LogP contribution is -2.17. The van der Waals surface area contributed by atoms with Gasteiger partial charge in [0, 0.05) is 12.2 Å². The zero-order chi connectivity index (χ0) is 13.8. The van der Waals surface area contributed by atoms with E-state index in [1.54, 1.807) is 12.1 Å². The number of nitrogens with zero attached hydrogens (tertiary/aromatic N) is 2. The van der Waals surface area contributed by atoms with Gasteiger partial charge in [-0.25, -0.2) is 4.39 Å². The summed E-state index contributed by atoms with van der Waals surface area (Å²) in [6.07, 6.45) is 0. The minimum atomic E-state index is -0.276. The highest BCUT2D eigenvalue weighted by Gasteiger charge is 2.12. The van der Waals surface area contributed by atoms with E-state index >= 15 is 0 Å². The molecule has 0 bridgehead atoms. The summed E-state index contributed by atoms with van der Waals surface area (Å²) in [6.45, 7) is 4.63. The Morgan fingerprint density at radius 2 is 2.00 bits per heavy atom. The molecule has 0 radical (unpaired) electrons. The molecule has 2 nitrogen and oxygen atoms in total. The Labute approximate surface area is 112 Å². The molecule has 0 saturated carbocycles. The highest BCUT2D eigenvalue weighted by molar-refractivity contribution is 5.70. The van der Waals surface area contributed by atoms with Crippen LogP contribution in [-0.2, 0) is 0 Å². The van der Waals surface area contributed by atoms with E-state index in [1.165, 1.54) is 12.1 Å². The fraction of sp³-hybridized carbons (Fsp3) is 0.188. The predicted molar refractivity (Wildman–Crippen MR) is 75.0 cm³/mol. The number of halogens is 1. The number of rotatable bonds is 3. The topological polar surface area (TPSA) is 27.0 Å². The number of hydrogen-bond donors (Lipinski definition) is 0. The van der Waals surface area contributed by atoms with Gasteiger partial charge in [-0.1, -0.05) is 12.1 Å². The van der Waals surface area contributed by atoms with E-state index in [1.807, 2.05) is 36.9 Å². The lowest BCUT2D eigenvalue weighted by atomic mass is 10.1. The van der Waals surface area contributed by atoms with Crippen molar-refractivity contribution in [2.45, 2.75) is 13.8 Å². The van der Waals surface area contributed by atoms with Crippen LogP contribution < -0.4 is 4.90 Å². The molecular formula is C16H15FN2. The minimum Gasteiger partial charge on any atom is -0.341 e. The van der Waals surface area contributed by atoms with Crippen molar-refractivity contribution >= 4 is 11.4 Å².